The van der Waals surface area contributed by atoms with Crippen LogP contribution in [0.5, 0.6) is 0 Å². The fraction of sp³-hybridized carbons (Fsp3) is 1.00. The van der Waals surface area contributed by atoms with E-state index in [2.05, 4.69) is 6.92 Å². The quantitative estimate of drug-likeness (QED) is 0.532. The fourth-order valence-corrected chi connectivity index (χ4v) is 1.88. The summed E-state index contributed by atoms with van der Waals surface area (Å²) >= 11 is 0. The molecule has 0 saturated heterocycles. The summed E-state index contributed by atoms with van der Waals surface area (Å²) in [4.78, 5) is 0. The van der Waals surface area contributed by atoms with Crippen molar-refractivity contribution in [2.45, 2.75) is 51.9 Å². The highest BCUT2D eigenvalue weighted by atomic mass is 16.5. The van der Waals surface area contributed by atoms with Gasteiger partial charge in [-0.25, -0.2) is 0 Å². The molecule has 0 amide bonds. The summed E-state index contributed by atoms with van der Waals surface area (Å²) in [6.45, 7) is 3.27. The van der Waals surface area contributed by atoms with Crippen molar-refractivity contribution < 1.29 is 4.74 Å². The molecule has 1 fully saturated rings. The lowest BCUT2D eigenvalue weighted by Crippen LogP contribution is -2.08. The van der Waals surface area contributed by atoms with Crippen LogP contribution in [0.25, 0.3) is 0 Å². The van der Waals surface area contributed by atoms with Gasteiger partial charge >= 0.3 is 0 Å². The molecule has 1 saturated carbocycles. The monoisotopic (exact) mass is 170 g/mol. The zero-order chi connectivity index (χ0) is 8.86. The lowest BCUT2D eigenvalue weighted by molar-refractivity contribution is 0.134. The molecule has 0 heterocycles. The van der Waals surface area contributed by atoms with Crippen LogP contribution in [0.2, 0.25) is 0 Å². The molecule has 1 aliphatic rings. The Balaban J connectivity index is 1.98. The number of hydrogen-bond donors (Lipinski definition) is 0. The second kappa shape index (κ2) is 4.86. The summed E-state index contributed by atoms with van der Waals surface area (Å²) in [7, 11) is 1.83. The number of rotatable bonds is 7. The average molecular weight is 170 g/mol. The highest BCUT2D eigenvalue weighted by Crippen LogP contribution is 2.49. The Morgan fingerprint density at radius 3 is 2.42 bits per heavy atom. The van der Waals surface area contributed by atoms with Crippen LogP contribution in [0.3, 0.4) is 0 Å². The van der Waals surface area contributed by atoms with Crippen molar-refractivity contribution >= 4 is 0 Å². The van der Waals surface area contributed by atoms with Gasteiger partial charge in [0.05, 0.1) is 6.61 Å². The molecule has 0 bridgehead atoms. The Hall–Kier alpha value is -0.0400. The summed E-state index contributed by atoms with van der Waals surface area (Å²) in [6.07, 6.45) is 9.81. The number of methoxy groups -OCH3 is 1. The molecule has 0 aliphatic heterocycles. The van der Waals surface area contributed by atoms with E-state index in [1.165, 1.54) is 44.9 Å². The zero-order valence-corrected chi connectivity index (χ0v) is 8.57. The van der Waals surface area contributed by atoms with Crippen LogP contribution in [0.4, 0.5) is 0 Å². The summed E-state index contributed by atoms with van der Waals surface area (Å²) in [5.74, 6) is 0. The van der Waals surface area contributed by atoms with Gasteiger partial charge in [0, 0.05) is 7.11 Å². The predicted molar refractivity (Wildman–Crippen MR) is 52.3 cm³/mol. The minimum Gasteiger partial charge on any atom is -0.384 e. The van der Waals surface area contributed by atoms with Gasteiger partial charge in [0.1, 0.15) is 0 Å². The minimum atomic E-state index is 0.627. The first-order valence-corrected chi connectivity index (χ1v) is 5.32. The minimum absolute atomic E-state index is 0.627. The highest BCUT2D eigenvalue weighted by molar-refractivity contribution is 4.92. The van der Waals surface area contributed by atoms with Crippen LogP contribution >= 0.6 is 0 Å². The maximum absolute atomic E-state index is 5.23. The van der Waals surface area contributed by atoms with E-state index in [9.17, 15) is 0 Å². The Kier molecular flexibility index (Phi) is 4.07. The topological polar surface area (TPSA) is 9.23 Å². The molecule has 0 aromatic carbocycles. The Morgan fingerprint density at radius 1 is 1.17 bits per heavy atom. The van der Waals surface area contributed by atoms with E-state index in [-0.39, 0.29) is 0 Å². The molecule has 1 heteroatoms. The van der Waals surface area contributed by atoms with Crippen molar-refractivity contribution in [1.29, 1.82) is 0 Å². The van der Waals surface area contributed by atoms with Crippen molar-refractivity contribution in [3.05, 3.63) is 0 Å². The normalized spacial score (nSPS) is 19.5. The van der Waals surface area contributed by atoms with Crippen molar-refractivity contribution in [1.82, 2.24) is 0 Å². The first-order chi connectivity index (χ1) is 5.83. The van der Waals surface area contributed by atoms with Gasteiger partial charge in [-0.3, -0.25) is 0 Å². The van der Waals surface area contributed by atoms with Gasteiger partial charge in [0.15, 0.2) is 0 Å². The van der Waals surface area contributed by atoms with Crippen molar-refractivity contribution in [2.24, 2.45) is 5.41 Å². The van der Waals surface area contributed by atoms with E-state index in [4.69, 9.17) is 4.74 Å². The molecule has 0 radical (unpaired) electrons. The number of unbranched alkanes of at least 4 members (excludes halogenated alkanes) is 3. The standard InChI is InChI=1S/C11H22O/c1-3-4-5-6-7-11(8-9-11)10-12-2/h3-10H2,1-2H3. The molecule has 1 aliphatic carbocycles. The van der Waals surface area contributed by atoms with E-state index in [0.717, 1.165) is 6.61 Å². The van der Waals surface area contributed by atoms with Crippen LogP contribution in [0.1, 0.15) is 51.9 Å². The zero-order valence-electron chi connectivity index (χ0n) is 8.57. The van der Waals surface area contributed by atoms with Gasteiger partial charge in [-0.15, -0.1) is 0 Å². The maximum Gasteiger partial charge on any atom is 0.0518 e. The second-order valence-electron chi connectivity index (χ2n) is 4.24. The van der Waals surface area contributed by atoms with Gasteiger partial charge in [-0.2, -0.15) is 0 Å². The van der Waals surface area contributed by atoms with E-state index in [1.807, 2.05) is 7.11 Å². The largest absolute Gasteiger partial charge is 0.384 e. The molecule has 0 aromatic heterocycles. The van der Waals surface area contributed by atoms with E-state index in [0.29, 0.717) is 5.41 Å². The first-order valence-electron chi connectivity index (χ1n) is 5.32. The third-order valence-electron chi connectivity index (χ3n) is 2.97. The van der Waals surface area contributed by atoms with Gasteiger partial charge in [-0.05, 0) is 24.7 Å². The van der Waals surface area contributed by atoms with Crippen LogP contribution in [0, 0.1) is 5.41 Å². The average Bonchev–Trinajstić information content (AvgIpc) is 2.81. The number of ether oxygens (including phenoxy) is 1. The number of hydrogen-bond acceptors (Lipinski definition) is 1. The lowest BCUT2D eigenvalue weighted by atomic mass is 9.99. The third-order valence-corrected chi connectivity index (χ3v) is 2.97. The van der Waals surface area contributed by atoms with Crippen molar-refractivity contribution in [3.63, 3.8) is 0 Å². The lowest BCUT2D eigenvalue weighted by Gasteiger charge is -2.12. The van der Waals surface area contributed by atoms with E-state index >= 15 is 0 Å². The molecule has 0 unspecified atom stereocenters. The summed E-state index contributed by atoms with van der Waals surface area (Å²) in [5, 5.41) is 0. The van der Waals surface area contributed by atoms with Gasteiger partial charge in [0.2, 0.25) is 0 Å². The Labute approximate surface area is 76.5 Å². The second-order valence-corrected chi connectivity index (χ2v) is 4.24. The molecule has 72 valence electrons. The molecule has 0 atom stereocenters. The van der Waals surface area contributed by atoms with Crippen LogP contribution in [-0.4, -0.2) is 13.7 Å². The maximum atomic E-state index is 5.23. The first kappa shape index (κ1) is 10.0. The van der Waals surface area contributed by atoms with E-state index in [1.54, 1.807) is 0 Å². The molecule has 1 nitrogen and oxygen atoms in total. The summed E-state index contributed by atoms with van der Waals surface area (Å²) < 4.78 is 5.23. The fourth-order valence-electron chi connectivity index (χ4n) is 1.88. The van der Waals surface area contributed by atoms with Crippen molar-refractivity contribution in [3.8, 4) is 0 Å². The molecule has 0 N–H and O–H groups in total. The third kappa shape index (κ3) is 3.14. The highest BCUT2D eigenvalue weighted by Gasteiger charge is 2.41. The van der Waals surface area contributed by atoms with Gasteiger partial charge < -0.3 is 4.74 Å². The molecule has 1 rings (SSSR count). The molecular weight excluding hydrogens is 148 g/mol. The molecular formula is C11H22O. The van der Waals surface area contributed by atoms with E-state index < -0.39 is 0 Å². The smallest absolute Gasteiger partial charge is 0.0518 e. The van der Waals surface area contributed by atoms with Gasteiger partial charge in [-0.1, -0.05) is 32.6 Å². The summed E-state index contributed by atoms with van der Waals surface area (Å²) in [6, 6.07) is 0. The molecule has 0 spiro atoms. The van der Waals surface area contributed by atoms with Crippen LogP contribution in [-0.2, 0) is 4.74 Å². The molecule has 0 aromatic rings. The van der Waals surface area contributed by atoms with Crippen molar-refractivity contribution in [2.75, 3.05) is 13.7 Å². The van der Waals surface area contributed by atoms with Gasteiger partial charge in [0.25, 0.3) is 0 Å². The van der Waals surface area contributed by atoms with Crippen LogP contribution < -0.4 is 0 Å². The SMILES string of the molecule is CCCCCCC1(COC)CC1. The van der Waals surface area contributed by atoms with Crippen LogP contribution in [0.15, 0.2) is 0 Å². The summed E-state index contributed by atoms with van der Waals surface area (Å²) in [5.41, 5.74) is 0.627. The Bertz CT molecular complexity index is 116. The predicted octanol–water partition coefficient (Wildman–Crippen LogP) is 3.38. The molecule has 12 heavy (non-hydrogen) atoms. The Morgan fingerprint density at radius 2 is 1.92 bits per heavy atom.